The second-order valence-electron chi connectivity index (χ2n) is 7.08. The van der Waals surface area contributed by atoms with Gasteiger partial charge in [-0.1, -0.05) is 60.2 Å². The van der Waals surface area contributed by atoms with E-state index in [1.54, 1.807) is 7.11 Å². The van der Waals surface area contributed by atoms with Crippen LogP contribution < -0.4 is 4.74 Å². The predicted molar refractivity (Wildman–Crippen MR) is 107 cm³/mol. The van der Waals surface area contributed by atoms with Crippen molar-refractivity contribution in [3.05, 3.63) is 89.0 Å². The van der Waals surface area contributed by atoms with E-state index < -0.39 is 0 Å². The minimum absolute atomic E-state index is 0.813. The molecule has 5 rings (SSSR count). The smallest absolute Gasteiger partial charge is 0.123 e. The summed E-state index contributed by atoms with van der Waals surface area (Å²) >= 11 is 0. The van der Waals surface area contributed by atoms with Crippen LogP contribution in [0.5, 0.6) is 5.75 Å². The van der Waals surface area contributed by atoms with Gasteiger partial charge in [0.1, 0.15) is 5.75 Å². The quantitative estimate of drug-likeness (QED) is 0.419. The summed E-state index contributed by atoms with van der Waals surface area (Å²) in [5.41, 5.74) is 9.47. The van der Waals surface area contributed by atoms with E-state index in [0.29, 0.717) is 0 Å². The van der Waals surface area contributed by atoms with Crippen molar-refractivity contribution in [2.45, 2.75) is 19.9 Å². The average Bonchev–Trinajstić information content (AvgIpc) is 3.17. The number of methoxy groups -OCH3 is 1. The number of hydrogen-bond acceptors (Lipinski definition) is 1. The van der Waals surface area contributed by atoms with Gasteiger partial charge in [-0.05, 0) is 30.2 Å². The summed E-state index contributed by atoms with van der Waals surface area (Å²) in [6.45, 7) is 2.98. The molecule has 1 aliphatic rings. The van der Waals surface area contributed by atoms with Crippen LogP contribution in [0.15, 0.2) is 66.7 Å². The van der Waals surface area contributed by atoms with E-state index in [-0.39, 0.29) is 0 Å². The third kappa shape index (κ3) is 2.19. The van der Waals surface area contributed by atoms with E-state index in [9.17, 15) is 0 Å². The van der Waals surface area contributed by atoms with Crippen molar-refractivity contribution in [3.8, 4) is 17.0 Å². The molecule has 0 amide bonds. The third-order valence-electron chi connectivity index (χ3n) is 5.48. The summed E-state index contributed by atoms with van der Waals surface area (Å²) in [4.78, 5) is 0. The van der Waals surface area contributed by atoms with Crippen LogP contribution in [0.1, 0.15) is 22.3 Å². The molecule has 0 saturated heterocycles. The van der Waals surface area contributed by atoms with Crippen LogP contribution >= 0.6 is 0 Å². The lowest BCUT2D eigenvalue weighted by Gasteiger charge is -2.14. The van der Waals surface area contributed by atoms with Crippen LogP contribution in [0.3, 0.4) is 0 Å². The Morgan fingerprint density at radius 2 is 1.77 bits per heavy atom. The van der Waals surface area contributed by atoms with Crippen molar-refractivity contribution in [1.29, 1.82) is 0 Å². The Labute approximate surface area is 153 Å². The monoisotopic (exact) mass is 339 g/mol. The molecular weight excluding hydrogens is 318 g/mol. The molecule has 2 heteroatoms. The highest BCUT2D eigenvalue weighted by Gasteiger charge is 2.26. The van der Waals surface area contributed by atoms with Crippen molar-refractivity contribution >= 4 is 10.9 Å². The van der Waals surface area contributed by atoms with Crippen LogP contribution in [-0.2, 0) is 13.0 Å². The Bertz CT molecular complexity index is 1140. The molecule has 2 nitrogen and oxygen atoms in total. The molecule has 0 saturated carbocycles. The standard InChI is InChI=1S/C24H21NO/c1-16-11-12-19-18(13-16)14-21-20-8-4-5-9-22(20)25(24(19)21)15-17-7-3-6-10-23(17)26-2/h3-13H,14-15H2,1-2H3. The largest absolute Gasteiger partial charge is 0.496 e. The fraction of sp³-hybridized carbons (Fsp3) is 0.167. The van der Waals surface area contributed by atoms with E-state index in [0.717, 1.165) is 18.7 Å². The third-order valence-corrected chi connectivity index (χ3v) is 5.48. The van der Waals surface area contributed by atoms with E-state index in [4.69, 9.17) is 4.74 Å². The lowest BCUT2D eigenvalue weighted by atomic mass is 10.1. The SMILES string of the molecule is COc1ccccc1Cn1c2c(c3ccccc31)Cc1cc(C)ccc1-2. The molecule has 0 atom stereocenters. The van der Waals surface area contributed by atoms with Crippen molar-refractivity contribution in [3.63, 3.8) is 0 Å². The van der Waals surface area contributed by atoms with Crippen LogP contribution in [0.25, 0.3) is 22.2 Å². The molecule has 3 aromatic carbocycles. The molecule has 0 radical (unpaired) electrons. The highest BCUT2D eigenvalue weighted by atomic mass is 16.5. The van der Waals surface area contributed by atoms with Gasteiger partial charge in [0.2, 0.25) is 0 Å². The number of rotatable bonds is 3. The van der Waals surface area contributed by atoms with Crippen molar-refractivity contribution in [2.75, 3.05) is 7.11 Å². The van der Waals surface area contributed by atoms with Gasteiger partial charge in [-0.2, -0.15) is 0 Å². The van der Waals surface area contributed by atoms with Crippen molar-refractivity contribution in [1.82, 2.24) is 4.57 Å². The first-order chi connectivity index (χ1) is 12.8. The van der Waals surface area contributed by atoms with E-state index >= 15 is 0 Å². The molecule has 128 valence electrons. The first-order valence-corrected chi connectivity index (χ1v) is 9.08. The second kappa shape index (κ2) is 5.77. The molecule has 0 unspecified atom stereocenters. The van der Waals surface area contributed by atoms with Crippen LogP contribution in [0.4, 0.5) is 0 Å². The first-order valence-electron chi connectivity index (χ1n) is 9.08. The van der Waals surface area contributed by atoms with Gasteiger partial charge in [0, 0.05) is 28.5 Å². The van der Waals surface area contributed by atoms with Crippen molar-refractivity contribution < 1.29 is 4.74 Å². The molecule has 1 heterocycles. The molecule has 0 aliphatic heterocycles. The highest BCUT2D eigenvalue weighted by molar-refractivity contribution is 5.95. The molecule has 0 N–H and O–H groups in total. The van der Waals surface area contributed by atoms with Gasteiger partial charge in [-0.15, -0.1) is 0 Å². The van der Waals surface area contributed by atoms with Crippen LogP contribution in [0, 0.1) is 6.92 Å². The maximum atomic E-state index is 5.60. The van der Waals surface area contributed by atoms with Gasteiger partial charge in [0.15, 0.2) is 0 Å². The van der Waals surface area contributed by atoms with Crippen LogP contribution in [0.2, 0.25) is 0 Å². The second-order valence-corrected chi connectivity index (χ2v) is 7.08. The lowest BCUT2D eigenvalue weighted by molar-refractivity contribution is 0.408. The Morgan fingerprint density at radius 1 is 0.962 bits per heavy atom. The fourth-order valence-electron chi connectivity index (χ4n) is 4.32. The number of benzene rings is 3. The molecule has 0 bridgehead atoms. The zero-order chi connectivity index (χ0) is 17.7. The highest BCUT2D eigenvalue weighted by Crippen LogP contribution is 2.43. The summed E-state index contributed by atoms with van der Waals surface area (Å²) in [5, 5.41) is 1.37. The lowest BCUT2D eigenvalue weighted by Crippen LogP contribution is -2.03. The molecule has 26 heavy (non-hydrogen) atoms. The summed E-state index contributed by atoms with van der Waals surface area (Å²) in [5.74, 6) is 0.946. The predicted octanol–water partition coefficient (Wildman–Crippen LogP) is 5.58. The van der Waals surface area contributed by atoms with Crippen molar-refractivity contribution in [2.24, 2.45) is 0 Å². The minimum Gasteiger partial charge on any atom is -0.496 e. The minimum atomic E-state index is 0.813. The number of fused-ring (bicyclic) bond motifs is 5. The number of nitrogens with zero attached hydrogens (tertiary/aromatic N) is 1. The van der Waals surface area contributed by atoms with E-state index in [1.165, 1.54) is 44.4 Å². The summed E-state index contributed by atoms with van der Waals surface area (Å²) in [6.07, 6.45) is 1.02. The number of aryl methyl sites for hydroxylation is 1. The molecule has 1 aromatic heterocycles. The molecule has 0 spiro atoms. The molecule has 4 aromatic rings. The van der Waals surface area contributed by atoms with Gasteiger partial charge < -0.3 is 9.30 Å². The Balaban J connectivity index is 1.76. The van der Waals surface area contributed by atoms with Gasteiger partial charge in [0.25, 0.3) is 0 Å². The van der Waals surface area contributed by atoms with Gasteiger partial charge in [-0.25, -0.2) is 0 Å². The summed E-state index contributed by atoms with van der Waals surface area (Å²) in [7, 11) is 1.75. The Kier molecular flexibility index (Phi) is 3.39. The van der Waals surface area contributed by atoms with E-state index in [1.807, 2.05) is 12.1 Å². The molecule has 0 fully saturated rings. The maximum Gasteiger partial charge on any atom is 0.123 e. The number of hydrogen-bond donors (Lipinski definition) is 0. The molecular formula is C24H21NO. The van der Waals surface area contributed by atoms with Gasteiger partial charge in [0.05, 0.1) is 19.3 Å². The first kappa shape index (κ1) is 15.3. The fourth-order valence-corrected chi connectivity index (χ4v) is 4.32. The summed E-state index contributed by atoms with van der Waals surface area (Å²) in [6, 6.07) is 23.9. The van der Waals surface area contributed by atoms with E-state index in [2.05, 4.69) is 66.1 Å². The number of aromatic nitrogens is 1. The topological polar surface area (TPSA) is 14.2 Å². The Hall–Kier alpha value is -3.00. The maximum absolute atomic E-state index is 5.60. The Morgan fingerprint density at radius 3 is 2.65 bits per heavy atom. The summed E-state index contributed by atoms with van der Waals surface area (Å²) < 4.78 is 8.06. The number of para-hydroxylation sites is 2. The van der Waals surface area contributed by atoms with Crippen LogP contribution in [-0.4, -0.2) is 11.7 Å². The molecule has 1 aliphatic carbocycles. The van der Waals surface area contributed by atoms with Gasteiger partial charge in [-0.3, -0.25) is 0 Å². The zero-order valence-corrected chi connectivity index (χ0v) is 15.1. The average molecular weight is 339 g/mol. The number of ether oxygens (including phenoxy) is 1. The van der Waals surface area contributed by atoms with Gasteiger partial charge >= 0.3 is 0 Å². The zero-order valence-electron chi connectivity index (χ0n) is 15.1. The normalized spacial score (nSPS) is 12.2.